The summed E-state index contributed by atoms with van der Waals surface area (Å²) in [5.41, 5.74) is 1.34. The van der Waals surface area contributed by atoms with Crippen LogP contribution in [0.4, 0.5) is 0 Å². The van der Waals surface area contributed by atoms with Crippen LogP contribution in [0.3, 0.4) is 0 Å². The Morgan fingerprint density at radius 2 is 1.93 bits per heavy atom. The van der Waals surface area contributed by atoms with E-state index in [1.165, 1.54) is 0 Å². The van der Waals surface area contributed by atoms with Crippen molar-refractivity contribution in [1.82, 2.24) is 5.32 Å². The monoisotopic (exact) mass is 366 g/mol. The number of nitriles is 1. The average molecular weight is 366 g/mol. The minimum atomic E-state index is -0.253. The van der Waals surface area contributed by atoms with Gasteiger partial charge in [-0.3, -0.25) is 4.79 Å². The molecular formula is C21H22N2O4. The summed E-state index contributed by atoms with van der Waals surface area (Å²) in [5, 5.41) is 12.1. The van der Waals surface area contributed by atoms with Gasteiger partial charge in [-0.15, -0.1) is 0 Å². The molecule has 6 heteroatoms. The molecule has 2 aromatic rings. The average Bonchev–Trinajstić information content (AvgIpc) is 2.70. The van der Waals surface area contributed by atoms with Crippen molar-refractivity contribution in [3.8, 4) is 23.3 Å². The molecule has 0 saturated carbocycles. The SMILES string of the molecule is CC(C)C(NC(=O)COc1ccccc1C#N)c1ccc2c(c1)OCCO2. The molecule has 3 rings (SSSR count). The van der Waals surface area contributed by atoms with Crippen LogP contribution in [0, 0.1) is 17.2 Å². The Balaban J connectivity index is 1.67. The number of amides is 1. The summed E-state index contributed by atoms with van der Waals surface area (Å²) >= 11 is 0. The van der Waals surface area contributed by atoms with Crippen molar-refractivity contribution in [2.24, 2.45) is 5.92 Å². The highest BCUT2D eigenvalue weighted by Gasteiger charge is 2.21. The molecule has 2 aromatic carbocycles. The first-order chi connectivity index (χ1) is 13.1. The first-order valence-corrected chi connectivity index (χ1v) is 8.89. The number of nitrogens with zero attached hydrogens (tertiary/aromatic N) is 1. The second-order valence-corrected chi connectivity index (χ2v) is 6.59. The third-order valence-electron chi connectivity index (χ3n) is 4.27. The number of fused-ring (bicyclic) bond motifs is 1. The number of ether oxygens (including phenoxy) is 3. The topological polar surface area (TPSA) is 80.6 Å². The van der Waals surface area contributed by atoms with Crippen molar-refractivity contribution in [2.75, 3.05) is 19.8 Å². The zero-order valence-corrected chi connectivity index (χ0v) is 15.4. The molecule has 6 nitrogen and oxygen atoms in total. The quantitative estimate of drug-likeness (QED) is 0.849. The van der Waals surface area contributed by atoms with Crippen LogP contribution in [-0.2, 0) is 4.79 Å². The van der Waals surface area contributed by atoms with Crippen LogP contribution < -0.4 is 19.5 Å². The van der Waals surface area contributed by atoms with Crippen LogP contribution in [0.1, 0.15) is 31.0 Å². The minimum Gasteiger partial charge on any atom is -0.486 e. The molecule has 0 aliphatic carbocycles. The van der Waals surface area contributed by atoms with Gasteiger partial charge in [0, 0.05) is 0 Å². The maximum Gasteiger partial charge on any atom is 0.258 e. The van der Waals surface area contributed by atoms with Gasteiger partial charge in [0.05, 0.1) is 11.6 Å². The molecule has 1 unspecified atom stereocenters. The normalized spacial score (nSPS) is 13.6. The lowest BCUT2D eigenvalue weighted by atomic mass is 9.95. The maximum absolute atomic E-state index is 12.4. The number of hydrogen-bond acceptors (Lipinski definition) is 5. The van der Waals surface area contributed by atoms with Gasteiger partial charge in [0.25, 0.3) is 5.91 Å². The zero-order valence-electron chi connectivity index (χ0n) is 15.4. The third-order valence-corrected chi connectivity index (χ3v) is 4.27. The summed E-state index contributed by atoms with van der Waals surface area (Å²) in [7, 11) is 0. The van der Waals surface area contributed by atoms with E-state index in [4.69, 9.17) is 19.5 Å². The lowest BCUT2D eigenvalue weighted by molar-refractivity contribution is -0.124. The molecule has 1 heterocycles. The van der Waals surface area contributed by atoms with E-state index in [1.807, 2.05) is 32.0 Å². The van der Waals surface area contributed by atoms with Crippen molar-refractivity contribution in [2.45, 2.75) is 19.9 Å². The molecule has 1 atom stereocenters. The zero-order chi connectivity index (χ0) is 19.2. The molecule has 27 heavy (non-hydrogen) atoms. The highest BCUT2D eigenvalue weighted by Crippen LogP contribution is 2.34. The highest BCUT2D eigenvalue weighted by molar-refractivity contribution is 5.78. The van der Waals surface area contributed by atoms with Gasteiger partial charge >= 0.3 is 0 Å². The number of para-hydroxylation sites is 1. The van der Waals surface area contributed by atoms with Gasteiger partial charge in [-0.1, -0.05) is 32.0 Å². The van der Waals surface area contributed by atoms with E-state index in [9.17, 15) is 4.79 Å². The second-order valence-electron chi connectivity index (χ2n) is 6.59. The molecule has 0 spiro atoms. The predicted octanol–water partition coefficient (Wildman–Crippen LogP) is 3.22. The van der Waals surface area contributed by atoms with Crippen LogP contribution in [0.2, 0.25) is 0 Å². The van der Waals surface area contributed by atoms with E-state index in [2.05, 4.69) is 11.4 Å². The molecule has 0 saturated heterocycles. The van der Waals surface area contributed by atoms with Gasteiger partial charge in [0.2, 0.25) is 0 Å². The van der Waals surface area contributed by atoms with E-state index in [-0.39, 0.29) is 24.5 Å². The predicted molar refractivity (Wildman–Crippen MR) is 99.8 cm³/mol. The van der Waals surface area contributed by atoms with Crippen molar-refractivity contribution in [3.63, 3.8) is 0 Å². The number of carbonyl (C=O) groups is 1. The van der Waals surface area contributed by atoms with Crippen molar-refractivity contribution in [1.29, 1.82) is 5.26 Å². The summed E-state index contributed by atoms with van der Waals surface area (Å²) in [4.78, 5) is 12.4. The van der Waals surface area contributed by atoms with Crippen molar-refractivity contribution >= 4 is 5.91 Å². The Morgan fingerprint density at radius 3 is 2.67 bits per heavy atom. The van der Waals surface area contributed by atoms with Gasteiger partial charge in [-0.2, -0.15) is 5.26 Å². The maximum atomic E-state index is 12.4. The third kappa shape index (κ3) is 4.50. The highest BCUT2D eigenvalue weighted by atomic mass is 16.6. The number of rotatable bonds is 6. The first-order valence-electron chi connectivity index (χ1n) is 8.89. The fourth-order valence-electron chi connectivity index (χ4n) is 2.93. The second kappa shape index (κ2) is 8.45. The molecule has 0 aromatic heterocycles. The molecule has 1 aliphatic rings. The summed E-state index contributed by atoms with van der Waals surface area (Å²) in [5.74, 6) is 1.72. The molecular weight excluding hydrogens is 344 g/mol. The van der Waals surface area contributed by atoms with Gasteiger partial charge in [-0.25, -0.2) is 0 Å². The molecule has 1 aliphatic heterocycles. The molecule has 1 amide bonds. The fraction of sp³-hybridized carbons (Fsp3) is 0.333. The standard InChI is InChI=1S/C21H22N2O4/c1-14(2)21(15-7-8-18-19(11-15)26-10-9-25-18)23-20(24)13-27-17-6-4-3-5-16(17)12-22/h3-8,11,14,21H,9-10,13H2,1-2H3,(H,23,24). The number of hydrogen-bond donors (Lipinski definition) is 1. The summed E-state index contributed by atoms with van der Waals surface area (Å²) < 4.78 is 16.7. The first kappa shape index (κ1) is 18.6. The molecule has 1 N–H and O–H groups in total. The number of carbonyl (C=O) groups excluding carboxylic acids is 1. The lowest BCUT2D eigenvalue weighted by Crippen LogP contribution is -2.35. The number of nitrogens with one attached hydrogen (secondary N) is 1. The summed E-state index contributed by atoms with van der Waals surface area (Å²) in [6.07, 6.45) is 0. The van der Waals surface area contributed by atoms with Crippen LogP contribution in [0.25, 0.3) is 0 Å². The number of benzene rings is 2. The molecule has 140 valence electrons. The summed E-state index contributed by atoms with van der Waals surface area (Å²) in [6, 6.07) is 14.4. The van der Waals surface area contributed by atoms with E-state index in [1.54, 1.807) is 24.3 Å². The van der Waals surface area contributed by atoms with Gasteiger partial charge < -0.3 is 19.5 Å². The Bertz CT molecular complexity index is 858. The molecule has 0 bridgehead atoms. The minimum absolute atomic E-state index is 0.160. The fourth-order valence-corrected chi connectivity index (χ4v) is 2.93. The van der Waals surface area contributed by atoms with Crippen molar-refractivity contribution in [3.05, 3.63) is 53.6 Å². The van der Waals surface area contributed by atoms with Gasteiger partial charge in [0.15, 0.2) is 18.1 Å². The molecule has 0 fully saturated rings. The van der Waals surface area contributed by atoms with E-state index < -0.39 is 0 Å². The van der Waals surface area contributed by atoms with E-state index in [0.717, 1.165) is 11.3 Å². The van der Waals surface area contributed by atoms with Crippen molar-refractivity contribution < 1.29 is 19.0 Å². The van der Waals surface area contributed by atoms with Gasteiger partial charge in [-0.05, 0) is 35.7 Å². The Kier molecular flexibility index (Phi) is 5.82. The van der Waals surface area contributed by atoms with Crippen LogP contribution in [0.5, 0.6) is 17.2 Å². The Morgan fingerprint density at radius 1 is 1.19 bits per heavy atom. The largest absolute Gasteiger partial charge is 0.486 e. The van der Waals surface area contributed by atoms with Gasteiger partial charge in [0.1, 0.15) is 25.0 Å². The molecule has 0 radical (unpaired) electrons. The Hall–Kier alpha value is -3.20. The van der Waals surface area contributed by atoms with E-state index >= 15 is 0 Å². The van der Waals surface area contributed by atoms with Crippen LogP contribution in [0.15, 0.2) is 42.5 Å². The van der Waals surface area contributed by atoms with Crippen LogP contribution >= 0.6 is 0 Å². The van der Waals surface area contributed by atoms with E-state index in [0.29, 0.717) is 30.3 Å². The van der Waals surface area contributed by atoms with Crippen LogP contribution in [-0.4, -0.2) is 25.7 Å². The Labute approximate surface area is 158 Å². The smallest absolute Gasteiger partial charge is 0.258 e. The summed E-state index contributed by atoms with van der Waals surface area (Å²) in [6.45, 7) is 4.97. The lowest BCUT2D eigenvalue weighted by Gasteiger charge is -2.25.